The minimum absolute atomic E-state index is 0.0758. The molecule has 3 aromatic rings. The zero-order valence-corrected chi connectivity index (χ0v) is 15.4. The topological polar surface area (TPSA) is 90.8 Å². The fourth-order valence-corrected chi connectivity index (χ4v) is 2.45. The Bertz CT molecular complexity index is 1040. The molecule has 0 aliphatic carbocycles. The number of phenolic OH excluding ortho intramolecular Hbond substituents is 1. The van der Waals surface area contributed by atoms with Crippen molar-refractivity contribution in [1.29, 1.82) is 0 Å². The van der Waals surface area contributed by atoms with E-state index in [1.807, 2.05) is 30.3 Å². The number of nitrogens with zero attached hydrogens (tertiary/aromatic N) is 1. The summed E-state index contributed by atoms with van der Waals surface area (Å²) in [6, 6.07) is 22.6. The number of phenols is 1. The lowest BCUT2D eigenvalue weighted by atomic mass is 10.2. The summed E-state index contributed by atoms with van der Waals surface area (Å²) >= 11 is 0. The Hall–Kier alpha value is -4.19. The van der Waals surface area contributed by atoms with Crippen LogP contribution in [0.25, 0.3) is 6.08 Å². The van der Waals surface area contributed by atoms with Gasteiger partial charge in [0.05, 0.1) is 6.21 Å². The molecule has 2 amide bonds. The molecule has 0 saturated heterocycles. The minimum Gasteiger partial charge on any atom is -0.507 e. The highest BCUT2D eigenvalue weighted by atomic mass is 16.3. The van der Waals surface area contributed by atoms with Gasteiger partial charge in [0, 0.05) is 22.9 Å². The summed E-state index contributed by atoms with van der Waals surface area (Å²) in [6.07, 6.45) is 4.53. The van der Waals surface area contributed by atoms with Gasteiger partial charge in [-0.15, -0.1) is 0 Å². The zero-order chi connectivity index (χ0) is 20.5. The van der Waals surface area contributed by atoms with Crippen molar-refractivity contribution in [2.75, 3.05) is 5.32 Å². The molecule has 0 aromatic heterocycles. The lowest BCUT2D eigenvalue weighted by Crippen LogP contribution is -2.17. The first-order valence-corrected chi connectivity index (χ1v) is 8.87. The number of amides is 2. The van der Waals surface area contributed by atoms with Gasteiger partial charge >= 0.3 is 0 Å². The predicted octanol–water partition coefficient (Wildman–Crippen LogP) is 3.81. The normalized spacial score (nSPS) is 10.9. The molecule has 29 heavy (non-hydrogen) atoms. The minimum atomic E-state index is -0.404. The van der Waals surface area contributed by atoms with Crippen LogP contribution in [0, 0.1) is 0 Å². The molecule has 0 spiro atoms. The summed E-state index contributed by atoms with van der Waals surface area (Å²) in [7, 11) is 0. The first-order chi connectivity index (χ1) is 14.1. The maximum absolute atomic E-state index is 12.1. The molecule has 0 saturated carbocycles. The SMILES string of the molecule is O=C(/C=C/c1ccccc1)Nc1ccc(C(=O)N/N=C\c2ccccc2O)cc1. The van der Waals surface area contributed by atoms with Gasteiger partial charge in [-0.25, -0.2) is 5.43 Å². The number of rotatable bonds is 6. The Morgan fingerprint density at radius 3 is 2.28 bits per heavy atom. The van der Waals surface area contributed by atoms with E-state index in [9.17, 15) is 14.7 Å². The molecule has 0 heterocycles. The highest BCUT2D eigenvalue weighted by Crippen LogP contribution is 2.13. The van der Waals surface area contributed by atoms with Crippen LogP contribution in [0.1, 0.15) is 21.5 Å². The molecule has 3 rings (SSSR count). The first-order valence-electron chi connectivity index (χ1n) is 8.87. The fraction of sp³-hybridized carbons (Fsp3) is 0. The molecular weight excluding hydrogens is 366 g/mol. The number of nitrogens with one attached hydrogen (secondary N) is 2. The summed E-state index contributed by atoms with van der Waals surface area (Å²) in [5, 5.41) is 16.2. The standard InChI is InChI=1S/C23H19N3O3/c27-21-9-5-4-8-19(21)16-24-26-23(29)18-11-13-20(14-12-18)25-22(28)15-10-17-6-2-1-3-7-17/h1-16,27H,(H,25,28)(H,26,29)/b15-10+,24-16-. The molecule has 3 N–H and O–H groups in total. The molecule has 0 fully saturated rings. The van der Waals surface area contributed by atoms with Crippen molar-refractivity contribution in [3.05, 3.63) is 102 Å². The van der Waals surface area contributed by atoms with Crippen LogP contribution in [0.5, 0.6) is 5.75 Å². The largest absolute Gasteiger partial charge is 0.507 e. The number of hydrogen-bond acceptors (Lipinski definition) is 4. The van der Waals surface area contributed by atoms with E-state index in [0.29, 0.717) is 16.8 Å². The fourth-order valence-electron chi connectivity index (χ4n) is 2.45. The van der Waals surface area contributed by atoms with Gasteiger partial charge in [-0.05, 0) is 48.0 Å². The maximum atomic E-state index is 12.1. The van der Waals surface area contributed by atoms with E-state index < -0.39 is 5.91 Å². The lowest BCUT2D eigenvalue weighted by molar-refractivity contribution is -0.111. The van der Waals surface area contributed by atoms with Crippen molar-refractivity contribution in [3.8, 4) is 5.75 Å². The molecule has 0 unspecified atom stereocenters. The van der Waals surface area contributed by atoms with Crippen LogP contribution in [0.3, 0.4) is 0 Å². The van der Waals surface area contributed by atoms with Gasteiger partial charge in [-0.2, -0.15) is 5.10 Å². The van der Waals surface area contributed by atoms with Crippen molar-refractivity contribution < 1.29 is 14.7 Å². The summed E-state index contributed by atoms with van der Waals surface area (Å²) in [6.45, 7) is 0. The lowest BCUT2D eigenvalue weighted by Gasteiger charge is -2.04. The van der Waals surface area contributed by atoms with Crippen LogP contribution in [-0.2, 0) is 4.79 Å². The smallest absolute Gasteiger partial charge is 0.271 e. The molecule has 0 atom stereocenters. The van der Waals surface area contributed by atoms with Crippen LogP contribution < -0.4 is 10.7 Å². The average molecular weight is 385 g/mol. The van der Waals surface area contributed by atoms with E-state index in [1.54, 1.807) is 48.5 Å². The van der Waals surface area contributed by atoms with Crippen LogP contribution >= 0.6 is 0 Å². The van der Waals surface area contributed by atoms with Crippen molar-refractivity contribution >= 4 is 29.8 Å². The van der Waals surface area contributed by atoms with E-state index >= 15 is 0 Å². The first kappa shape index (κ1) is 19.6. The third kappa shape index (κ3) is 5.90. The van der Waals surface area contributed by atoms with Gasteiger partial charge in [-0.3, -0.25) is 9.59 Å². The molecule has 3 aromatic carbocycles. The number of benzene rings is 3. The Morgan fingerprint density at radius 2 is 1.55 bits per heavy atom. The molecule has 0 radical (unpaired) electrons. The van der Waals surface area contributed by atoms with E-state index in [4.69, 9.17) is 0 Å². The van der Waals surface area contributed by atoms with Gasteiger partial charge in [0.2, 0.25) is 5.91 Å². The Labute approximate surface area is 168 Å². The highest BCUT2D eigenvalue weighted by molar-refractivity contribution is 6.02. The quantitative estimate of drug-likeness (QED) is 0.342. The number of carbonyl (C=O) groups is 2. The van der Waals surface area contributed by atoms with Crippen LogP contribution in [0.4, 0.5) is 5.69 Å². The van der Waals surface area contributed by atoms with Crippen LogP contribution in [-0.4, -0.2) is 23.1 Å². The second-order valence-corrected chi connectivity index (χ2v) is 6.07. The zero-order valence-electron chi connectivity index (χ0n) is 15.4. The van der Waals surface area contributed by atoms with E-state index in [2.05, 4.69) is 15.8 Å². The number of para-hydroxylation sites is 1. The molecular formula is C23H19N3O3. The van der Waals surface area contributed by atoms with Gasteiger partial charge in [0.15, 0.2) is 0 Å². The second kappa shape index (κ2) is 9.66. The van der Waals surface area contributed by atoms with Crippen molar-refractivity contribution in [2.45, 2.75) is 0 Å². The summed E-state index contributed by atoms with van der Waals surface area (Å²) in [5.74, 6) is -0.594. The van der Waals surface area contributed by atoms with Crippen molar-refractivity contribution in [3.63, 3.8) is 0 Å². The van der Waals surface area contributed by atoms with Gasteiger partial charge in [0.1, 0.15) is 5.75 Å². The summed E-state index contributed by atoms with van der Waals surface area (Å²) in [4.78, 5) is 24.1. The molecule has 144 valence electrons. The number of anilines is 1. The molecule has 6 nitrogen and oxygen atoms in total. The van der Waals surface area contributed by atoms with Gasteiger partial charge in [-0.1, -0.05) is 42.5 Å². The number of hydrogen-bond donors (Lipinski definition) is 3. The number of carbonyl (C=O) groups excluding carboxylic acids is 2. The van der Waals surface area contributed by atoms with E-state index in [-0.39, 0.29) is 11.7 Å². The number of hydrazone groups is 1. The predicted molar refractivity (Wildman–Crippen MR) is 114 cm³/mol. The van der Waals surface area contributed by atoms with E-state index in [0.717, 1.165) is 5.56 Å². The molecule has 0 bridgehead atoms. The Balaban J connectivity index is 1.54. The third-order valence-electron chi connectivity index (χ3n) is 3.95. The molecule has 6 heteroatoms. The Kier molecular flexibility index (Phi) is 6.52. The van der Waals surface area contributed by atoms with Crippen molar-refractivity contribution in [1.82, 2.24) is 5.43 Å². The second-order valence-electron chi connectivity index (χ2n) is 6.07. The maximum Gasteiger partial charge on any atom is 0.271 e. The summed E-state index contributed by atoms with van der Waals surface area (Å²) < 4.78 is 0. The average Bonchev–Trinajstić information content (AvgIpc) is 2.75. The summed E-state index contributed by atoms with van der Waals surface area (Å²) in [5.41, 5.74) is 4.78. The highest BCUT2D eigenvalue weighted by Gasteiger charge is 2.05. The third-order valence-corrected chi connectivity index (χ3v) is 3.95. The van der Waals surface area contributed by atoms with Crippen LogP contribution in [0.2, 0.25) is 0 Å². The van der Waals surface area contributed by atoms with Gasteiger partial charge in [0.25, 0.3) is 5.91 Å². The van der Waals surface area contributed by atoms with Gasteiger partial charge < -0.3 is 10.4 Å². The molecule has 0 aliphatic heterocycles. The van der Waals surface area contributed by atoms with Crippen molar-refractivity contribution in [2.24, 2.45) is 5.10 Å². The monoisotopic (exact) mass is 385 g/mol. The van der Waals surface area contributed by atoms with Crippen LogP contribution in [0.15, 0.2) is 90.0 Å². The Morgan fingerprint density at radius 1 is 0.862 bits per heavy atom. The molecule has 0 aliphatic rings. The van der Waals surface area contributed by atoms with E-state index in [1.165, 1.54) is 18.4 Å². The number of aromatic hydroxyl groups is 1.